The summed E-state index contributed by atoms with van der Waals surface area (Å²) in [6, 6.07) is 7.55. The molecule has 248 valence electrons. The predicted molar refractivity (Wildman–Crippen MR) is 177 cm³/mol. The van der Waals surface area contributed by atoms with E-state index in [0.717, 1.165) is 12.0 Å². The van der Waals surface area contributed by atoms with Crippen molar-refractivity contribution in [2.75, 3.05) is 26.2 Å². The van der Waals surface area contributed by atoms with Crippen molar-refractivity contribution >= 4 is 17.7 Å². The van der Waals surface area contributed by atoms with Crippen molar-refractivity contribution in [3.05, 3.63) is 61.2 Å². The van der Waals surface area contributed by atoms with Crippen LogP contribution < -0.4 is 0 Å². The van der Waals surface area contributed by atoms with Crippen LogP contribution in [0.3, 0.4) is 0 Å². The van der Waals surface area contributed by atoms with Gasteiger partial charge in [-0.1, -0.05) is 77.1 Å². The van der Waals surface area contributed by atoms with E-state index in [2.05, 4.69) is 47.8 Å². The minimum Gasteiger partial charge on any atom is -0.394 e. The summed E-state index contributed by atoms with van der Waals surface area (Å²) in [5.74, 6) is -2.23. The second-order valence-corrected chi connectivity index (χ2v) is 15.0. The lowest BCUT2D eigenvalue weighted by molar-refractivity contribution is -0.161. The molecular weight excluding hydrogens is 566 g/mol. The van der Waals surface area contributed by atoms with E-state index in [9.17, 15) is 14.7 Å². The average Bonchev–Trinajstić information content (AvgIpc) is 3.58. The van der Waals surface area contributed by atoms with Gasteiger partial charge in [0.1, 0.15) is 11.6 Å². The number of aliphatic hydroxyl groups is 1. The minimum absolute atomic E-state index is 0.0765. The van der Waals surface area contributed by atoms with Crippen LogP contribution in [0.1, 0.15) is 92.2 Å². The van der Waals surface area contributed by atoms with Crippen molar-refractivity contribution < 1.29 is 24.2 Å². The molecule has 0 aromatic heterocycles. The van der Waals surface area contributed by atoms with Crippen LogP contribution in [0.25, 0.3) is 0 Å². The van der Waals surface area contributed by atoms with Gasteiger partial charge in [-0.25, -0.2) is 0 Å². The van der Waals surface area contributed by atoms with E-state index in [0.29, 0.717) is 45.3 Å². The summed E-state index contributed by atoms with van der Waals surface area (Å²) in [4.78, 5) is 49.9. The third kappa shape index (κ3) is 6.00. The van der Waals surface area contributed by atoms with Gasteiger partial charge in [0, 0.05) is 25.2 Å². The monoisotopic (exact) mass is 621 g/mol. The van der Waals surface area contributed by atoms with Crippen molar-refractivity contribution in [1.82, 2.24) is 14.7 Å². The summed E-state index contributed by atoms with van der Waals surface area (Å²) in [5, 5.41) is 10.9. The molecule has 3 heterocycles. The van der Waals surface area contributed by atoms with E-state index in [4.69, 9.17) is 4.74 Å². The van der Waals surface area contributed by atoms with Gasteiger partial charge in [-0.2, -0.15) is 0 Å². The van der Waals surface area contributed by atoms with Gasteiger partial charge in [-0.15, -0.1) is 13.2 Å². The maximum absolute atomic E-state index is 15.2. The van der Waals surface area contributed by atoms with Crippen LogP contribution in [0.5, 0.6) is 0 Å². The molecule has 1 aromatic rings. The van der Waals surface area contributed by atoms with E-state index in [1.165, 1.54) is 0 Å². The van der Waals surface area contributed by atoms with Gasteiger partial charge in [0.25, 0.3) is 0 Å². The Morgan fingerprint density at radius 3 is 2.24 bits per heavy atom. The molecule has 0 saturated carbocycles. The minimum atomic E-state index is -1.20. The van der Waals surface area contributed by atoms with Gasteiger partial charge in [-0.3, -0.25) is 14.4 Å². The number of benzene rings is 1. The molecule has 2 unspecified atom stereocenters. The first-order valence-corrected chi connectivity index (χ1v) is 16.7. The number of hydrogen-bond donors (Lipinski definition) is 1. The lowest BCUT2D eigenvalue weighted by Crippen LogP contribution is -2.61. The smallest absolute Gasteiger partial charge is 0.249 e. The van der Waals surface area contributed by atoms with Crippen LogP contribution in [0.4, 0.5) is 0 Å². The number of fused-ring (bicyclic) bond motifs is 1. The maximum atomic E-state index is 15.2. The lowest BCUT2D eigenvalue weighted by atomic mass is 9.64. The number of rotatable bonds is 14. The summed E-state index contributed by atoms with van der Waals surface area (Å²) in [7, 11) is 0. The molecule has 1 spiro atoms. The van der Waals surface area contributed by atoms with Gasteiger partial charge < -0.3 is 24.5 Å². The van der Waals surface area contributed by atoms with Crippen LogP contribution in [-0.4, -0.2) is 86.6 Å². The molecule has 45 heavy (non-hydrogen) atoms. The van der Waals surface area contributed by atoms with Crippen molar-refractivity contribution in [3.63, 3.8) is 0 Å². The van der Waals surface area contributed by atoms with Crippen LogP contribution in [0.15, 0.2) is 55.6 Å². The Labute approximate surface area is 270 Å². The summed E-state index contributed by atoms with van der Waals surface area (Å²) in [6.07, 6.45) is 6.54. The molecule has 6 atom stereocenters. The normalized spacial score (nSPS) is 28.1. The number of likely N-dealkylation sites (tertiary alicyclic amines) is 1. The Morgan fingerprint density at radius 2 is 1.71 bits per heavy atom. The molecule has 0 aliphatic carbocycles. The van der Waals surface area contributed by atoms with Crippen molar-refractivity contribution in [1.29, 1.82) is 0 Å². The Kier molecular flexibility index (Phi) is 10.1. The molecule has 3 fully saturated rings. The van der Waals surface area contributed by atoms with Crippen LogP contribution in [-0.2, 0) is 19.1 Å². The third-order valence-electron chi connectivity index (χ3n) is 10.2. The van der Waals surface area contributed by atoms with Crippen LogP contribution in [0.2, 0.25) is 0 Å². The number of nitrogens with zero attached hydrogens (tertiary/aromatic N) is 3. The zero-order valence-electron chi connectivity index (χ0n) is 28.6. The third-order valence-corrected chi connectivity index (χ3v) is 10.2. The molecule has 4 rings (SSSR count). The highest BCUT2D eigenvalue weighted by Gasteiger charge is 2.79. The molecule has 2 bridgehead atoms. The van der Waals surface area contributed by atoms with Crippen molar-refractivity contribution in [3.8, 4) is 0 Å². The quantitative estimate of drug-likeness (QED) is 0.276. The van der Waals surface area contributed by atoms with Crippen molar-refractivity contribution in [2.24, 2.45) is 17.3 Å². The molecule has 3 aliphatic heterocycles. The molecule has 0 radical (unpaired) electrons. The van der Waals surface area contributed by atoms with E-state index < -0.39 is 40.7 Å². The Balaban J connectivity index is 1.92. The van der Waals surface area contributed by atoms with E-state index in [1.54, 1.807) is 22.0 Å². The second-order valence-electron chi connectivity index (χ2n) is 15.0. The molecule has 8 nitrogen and oxygen atoms in total. The first-order chi connectivity index (χ1) is 21.2. The fraction of sp³-hybridized carbons (Fsp3) is 0.649. The van der Waals surface area contributed by atoms with Crippen molar-refractivity contribution in [2.45, 2.75) is 109 Å². The number of hydrogen-bond acceptors (Lipinski definition) is 5. The Morgan fingerprint density at radius 1 is 1.07 bits per heavy atom. The summed E-state index contributed by atoms with van der Waals surface area (Å²) in [6.45, 7) is 23.3. The fourth-order valence-electron chi connectivity index (χ4n) is 8.90. The summed E-state index contributed by atoms with van der Waals surface area (Å²) in [5.41, 5.74) is -1.97. The summed E-state index contributed by atoms with van der Waals surface area (Å²) < 4.78 is 7.08. The van der Waals surface area contributed by atoms with Gasteiger partial charge in [0.05, 0.1) is 30.1 Å². The molecular formula is C37H55N3O5. The standard InChI is InChI=1S/C37H55N3O5/c1-10-21-38(22-11-2)31(42)28-29-32(43)40(27(24-41)26-17-15-14-16-18-26)30(37(29)20-19-36(28,13-4)45-37)33(44)39(23-12-3)35(8,9)25-34(5,6)7/h10,12,14-18,27-30,41H,1,3,11,13,19-25H2,2,4-9H3/t27-,28+,29+,30?,36-,37?/m1/s1. The topological polar surface area (TPSA) is 90.4 Å². The molecule has 3 saturated heterocycles. The van der Waals surface area contributed by atoms with Crippen LogP contribution in [0, 0.1) is 17.3 Å². The first kappa shape index (κ1) is 34.9. The van der Waals surface area contributed by atoms with Gasteiger partial charge >= 0.3 is 0 Å². The van der Waals surface area contributed by atoms with Gasteiger partial charge in [-0.05, 0) is 56.9 Å². The molecule has 1 aromatic carbocycles. The number of amides is 3. The number of carbonyl (C=O) groups is 3. The average molecular weight is 622 g/mol. The van der Waals surface area contributed by atoms with E-state index in [1.807, 2.05) is 49.1 Å². The number of aliphatic hydroxyl groups excluding tert-OH is 1. The lowest BCUT2D eigenvalue weighted by Gasteiger charge is -2.46. The highest BCUT2D eigenvalue weighted by molar-refractivity contribution is 5.99. The molecule has 3 aliphatic rings. The number of carbonyl (C=O) groups excluding carboxylic acids is 3. The Hall–Kier alpha value is -2.97. The van der Waals surface area contributed by atoms with Crippen LogP contribution >= 0.6 is 0 Å². The number of ether oxygens (including phenoxy) is 1. The fourth-order valence-corrected chi connectivity index (χ4v) is 8.90. The van der Waals surface area contributed by atoms with E-state index >= 15 is 4.79 Å². The zero-order valence-corrected chi connectivity index (χ0v) is 28.6. The van der Waals surface area contributed by atoms with Gasteiger partial charge in [0.2, 0.25) is 17.7 Å². The SMILES string of the molecule is C=CCN(CCC)C(=O)[C@@H]1[C@H]2C(=O)N([C@H](CO)c3ccccc3)C(C(=O)N(CC=C)C(C)(C)CC(C)(C)C)C23CC[C@@]1(CC)O3. The first-order valence-electron chi connectivity index (χ1n) is 16.7. The molecule has 3 amide bonds. The van der Waals surface area contributed by atoms with Gasteiger partial charge in [0.15, 0.2) is 0 Å². The second kappa shape index (κ2) is 13.0. The molecule has 8 heteroatoms. The van der Waals surface area contributed by atoms with E-state index in [-0.39, 0.29) is 29.7 Å². The summed E-state index contributed by atoms with van der Waals surface area (Å²) >= 11 is 0. The molecule has 1 N–H and O–H groups in total. The predicted octanol–water partition coefficient (Wildman–Crippen LogP) is 5.53. The zero-order chi connectivity index (χ0) is 33.4. The maximum Gasteiger partial charge on any atom is 0.249 e. The Bertz CT molecular complexity index is 1270. The largest absolute Gasteiger partial charge is 0.394 e. The highest BCUT2D eigenvalue weighted by atomic mass is 16.5. The highest BCUT2D eigenvalue weighted by Crippen LogP contribution is 2.65.